The van der Waals surface area contributed by atoms with E-state index >= 15 is 0 Å². The molecule has 0 aliphatic carbocycles. The fourth-order valence-corrected chi connectivity index (χ4v) is 13.8. The van der Waals surface area contributed by atoms with E-state index in [0.717, 1.165) is 0 Å². The molecule has 0 radical (unpaired) electrons. The Morgan fingerprint density at radius 3 is 0.828 bits per heavy atom. The van der Waals surface area contributed by atoms with Crippen LogP contribution in [0.2, 0.25) is 0 Å². The summed E-state index contributed by atoms with van der Waals surface area (Å²) in [5.74, 6) is 0. The van der Waals surface area contributed by atoms with Crippen LogP contribution >= 0.6 is 6.60 Å². The van der Waals surface area contributed by atoms with Crippen LogP contribution in [0.25, 0.3) is 0 Å². The van der Waals surface area contributed by atoms with Crippen LogP contribution in [0.15, 0.2) is 0 Å². The first kappa shape index (κ1) is 29.4. The molecule has 0 heterocycles. The summed E-state index contributed by atoms with van der Waals surface area (Å²) in [5.41, 5.74) is 0. The van der Waals surface area contributed by atoms with E-state index in [0.29, 0.717) is 0 Å². The Labute approximate surface area is 187 Å². The molecule has 0 aromatic carbocycles. The van der Waals surface area contributed by atoms with E-state index in [9.17, 15) is 0 Å². The predicted octanol–water partition coefficient (Wildman–Crippen LogP) is 10.7. The van der Waals surface area contributed by atoms with Gasteiger partial charge >= 0.3 is 188 Å². The van der Waals surface area contributed by atoms with Gasteiger partial charge in [0, 0.05) is 0 Å². The average molecular weight is 429 g/mol. The van der Waals surface area contributed by atoms with Crippen LogP contribution in [-0.2, 0) is 0 Å². The van der Waals surface area contributed by atoms with Gasteiger partial charge in [0.05, 0.1) is 0 Å². The minimum atomic E-state index is -1.51. The van der Waals surface area contributed by atoms with Gasteiger partial charge in [0.1, 0.15) is 0 Å². The fraction of sp³-hybridized carbons (Fsp3) is 1.00. The van der Waals surface area contributed by atoms with Crippen LogP contribution in [0.3, 0.4) is 0 Å². The molecule has 0 aromatic rings. The third-order valence-corrected chi connectivity index (χ3v) is 15.6. The van der Waals surface area contributed by atoms with E-state index < -0.39 is 6.60 Å². The first-order valence-electron chi connectivity index (χ1n) is 14.1. The summed E-state index contributed by atoms with van der Waals surface area (Å²) in [4.78, 5) is 0. The second kappa shape index (κ2) is 19.1. The molecule has 0 bridgehead atoms. The Kier molecular flexibility index (Phi) is 19.4. The van der Waals surface area contributed by atoms with Crippen molar-refractivity contribution in [2.45, 2.75) is 150 Å². The van der Waals surface area contributed by atoms with Crippen LogP contribution < -0.4 is 0 Å². The summed E-state index contributed by atoms with van der Waals surface area (Å²) >= 11 is 0. The zero-order chi connectivity index (χ0) is 21.7. The Hall–Kier alpha value is 0.430. The number of hydrogen-bond donors (Lipinski definition) is 0. The summed E-state index contributed by atoms with van der Waals surface area (Å²) in [6, 6.07) is 0. The van der Waals surface area contributed by atoms with Crippen molar-refractivity contribution in [3.63, 3.8) is 0 Å². The third-order valence-electron chi connectivity index (χ3n) is 7.72. The zero-order valence-corrected chi connectivity index (χ0v) is 22.6. The zero-order valence-electron chi connectivity index (χ0n) is 21.7. The summed E-state index contributed by atoms with van der Waals surface area (Å²) in [5, 5.41) is 0. The molecule has 0 amide bonds. The molecular weight excluding hydrogens is 367 g/mol. The maximum absolute atomic E-state index is 2.42. The molecule has 0 saturated carbocycles. The van der Waals surface area contributed by atoms with Crippen molar-refractivity contribution in [2.75, 3.05) is 30.8 Å². The predicted molar refractivity (Wildman–Crippen MR) is 143 cm³/mol. The summed E-state index contributed by atoms with van der Waals surface area (Å²) in [6.07, 6.45) is 34.7. The van der Waals surface area contributed by atoms with Gasteiger partial charge in [-0.3, -0.25) is 0 Å². The van der Waals surface area contributed by atoms with Crippen molar-refractivity contribution in [2.24, 2.45) is 0 Å². The number of hydrogen-bond acceptors (Lipinski definition) is 0. The van der Waals surface area contributed by atoms with E-state index in [1.165, 1.54) is 109 Å². The van der Waals surface area contributed by atoms with Crippen LogP contribution in [0.4, 0.5) is 0 Å². The molecule has 0 unspecified atom stereocenters. The first-order valence-corrected chi connectivity index (χ1v) is 17.3. The molecule has 0 nitrogen and oxygen atoms in total. The van der Waals surface area contributed by atoms with Gasteiger partial charge in [0.25, 0.3) is 0 Å². The van der Waals surface area contributed by atoms with Crippen molar-refractivity contribution in [3.8, 4) is 0 Å². The Morgan fingerprint density at radius 1 is 0.276 bits per heavy atom. The molecule has 29 heavy (non-hydrogen) atoms. The van der Waals surface area contributed by atoms with Crippen molar-refractivity contribution < 1.29 is 0 Å². The van der Waals surface area contributed by atoms with Crippen molar-refractivity contribution >= 4 is 6.60 Å². The summed E-state index contributed by atoms with van der Waals surface area (Å²) in [7, 11) is 0. The van der Waals surface area contributed by atoms with E-state index in [-0.39, 0.29) is 0 Å². The van der Waals surface area contributed by atoms with Gasteiger partial charge in [0.2, 0.25) is 0 Å². The molecule has 0 fully saturated rings. The van der Waals surface area contributed by atoms with Crippen LogP contribution in [0.5, 0.6) is 0 Å². The molecule has 0 spiro atoms. The van der Waals surface area contributed by atoms with Gasteiger partial charge in [-0.2, -0.15) is 0 Å². The monoisotopic (exact) mass is 428 g/mol. The van der Waals surface area contributed by atoms with Crippen LogP contribution in [0.1, 0.15) is 150 Å². The Morgan fingerprint density at radius 2 is 0.517 bits per heavy atom. The van der Waals surface area contributed by atoms with Gasteiger partial charge in [-0.15, -0.1) is 0 Å². The normalized spacial score (nSPS) is 13.5. The van der Waals surface area contributed by atoms with Gasteiger partial charge < -0.3 is 0 Å². The third kappa shape index (κ3) is 13.4. The molecule has 0 atom stereocenters. The van der Waals surface area contributed by atoms with Crippen LogP contribution in [0, 0.1) is 0 Å². The van der Waals surface area contributed by atoms with Crippen molar-refractivity contribution in [3.05, 3.63) is 0 Å². The minimum absolute atomic E-state index is 1.37. The average Bonchev–Trinajstić information content (AvgIpc) is 2.75. The molecular formula is C28H61P. The van der Waals surface area contributed by atoms with Crippen molar-refractivity contribution in [1.82, 2.24) is 0 Å². The van der Waals surface area contributed by atoms with E-state index in [4.69, 9.17) is 0 Å². The maximum atomic E-state index is 2.42. The van der Waals surface area contributed by atoms with E-state index in [2.05, 4.69) is 34.6 Å². The Balaban J connectivity index is 4.75. The van der Waals surface area contributed by atoms with Crippen LogP contribution in [-0.4, -0.2) is 30.8 Å². The van der Waals surface area contributed by atoms with Gasteiger partial charge in [-0.25, -0.2) is 0 Å². The Bertz CT molecular complexity index is 292. The second-order valence-electron chi connectivity index (χ2n) is 10.5. The summed E-state index contributed by atoms with van der Waals surface area (Å²) in [6.45, 7) is 10.5. The quantitative estimate of drug-likeness (QED) is 0.112. The van der Waals surface area contributed by atoms with E-state index in [1.54, 1.807) is 37.2 Å². The number of unbranched alkanes of at least 4 members (excludes halogenated alkanes) is 13. The van der Waals surface area contributed by atoms with Gasteiger partial charge in [-0.05, 0) is 0 Å². The fourth-order valence-electron chi connectivity index (χ4n) is 5.59. The molecule has 178 valence electrons. The molecule has 0 aliphatic heterocycles. The topological polar surface area (TPSA) is 0 Å². The molecule has 1 heteroatoms. The molecule has 0 rings (SSSR count). The second-order valence-corrected chi connectivity index (χ2v) is 17.2. The standard InChI is InChI=1S/C28H61P/c1-6-11-16-17-18-19-20-21-22-23-28-29(24-12-7-2,25-13-8-3,26-14-9-4)27-15-10-5/h6-28H2,1-5H3. The molecule has 0 saturated heterocycles. The first-order chi connectivity index (χ1) is 14.1. The van der Waals surface area contributed by atoms with Crippen molar-refractivity contribution in [1.29, 1.82) is 0 Å². The molecule has 0 aromatic heterocycles. The SMILES string of the molecule is CCCCCCCCCCCCP(CCCC)(CCCC)(CCCC)CCCC. The van der Waals surface area contributed by atoms with E-state index in [1.807, 2.05) is 0 Å². The number of rotatable bonds is 23. The molecule has 0 aliphatic rings. The van der Waals surface area contributed by atoms with Gasteiger partial charge in [-0.1, -0.05) is 0 Å². The van der Waals surface area contributed by atoms with Gasteiger partial charge in [0.15, 0.2) is 0 Å². The molecule has 0 N–H and O–H groups in total. The summed E-state index contributed by atoms with van der Waals surface area (Å²) < 4.78 is 0.